The number of hydrogen-bond donors (Lipinski definition) is 3. The summed E-state index contributed by atoms with van der Waals surface area (Å²) in [6.07, 6.45) is 1.48. The van der Waals surface area contributed by atoms with Gasteiger partial charge in [-0.05, 0) is 44.5 Å². The van der Waals surface area contributed by atoms with E-state index < -0.39 is 17.2 Å². The van der Waals surface area contributed by atoms with Crippen molar-refractivity contribution < 1.29 is 14.3 Å². The van der Waals surface area contributed by atoms with Gasteiger partial charge in [0.25, 0.3) is 5.56 Å². The van der Waals surface area contributed by atoms with E-state index in [2.05, 4.69) is 20.7 Å². The minimum Gasteiger partial charge on any atom is -0.490 e. The SMILES string of the molecule is CCOc1cc(/C=N/NC(=O)CSc2n[nH]c(=O)[nH]c2=O)ccc1OC(C)C. The summed E-state index contributed by atoms with van der Waals surface area (Å²) >= 11 is 0.879. The number of rotatable bonds is 9. The number of hydrazone groups is 1. The van der Waals surface area contributed by atoms with E-state index in [1.54, 1.807) is 18.2 Å². The Kier molecular flexibility index (Phi) is 7.81. The maximum absolute atomic E-state index is 11.8. The van der Waals surface area contributed by atoms with E-state index in [1.807, 2.05) is 25.8 Å². The Labute approximate surface area is 164 Å². The largest absolute Gasteiger partial charge is 0.490 e. The maximum Gasteiger partial charge on any atom is 0.342 e. The third kappa shape index (κ3) is 6.58. The number of hydrogen-bond acceptors (Lipinski definition) is 8. The van der Waals surface area contributed by atoms with Crippen LogP contribution in [0, 0.1) is 0 Å². The van der Waals surface area contributed by atoms with E-state index in [9.17, 15) is 14.4 Å². The Bertz CT molecular complexity index is 953. The summed E-state index contributed by atoms with van der Waals surface area (Å²) in [4.78, 5) is 36.2. The minimum atomic E-state index is -0.709. The number of nitrogens with zero attached hydrogens (tertiary/aromatic N) is 2. The van der Waals surface area contributed by atoms with Crippen molar-refractivity contribution in [2.45, 2.75) is 31.9 Å². The molecule has 10 nitrogen and oxygen atoms in total. The third-order valence-corrected chi connectivity index (χ3v) is 4.01. The summed E-state index contributed by atoms with van der Waals surface area (Å²) in [5.41, 5.74) is 1.71. The first-order chi connectivity index (χ1) is 13.4. The van der Waals surface area contributed by atoms with Crippen LogP contribution in [0.3, 0.4) is 0 Å². The topological polar surface area (TPSA) is 139 Å². The first kappa shape index (κ1) is 21.2. The fourth-order valence-corrected chi connectivity index (χ4v) is 2.63. The number of aromatic nitrogens is 3. The average Bonchev–Trinajstić information content (AvgIpc) is 2.63. The Morgan fingerprint density at radius 3 is 2.82 bits per heavy atom. The van der Waals surface area contributed by atoms with Crippen LogP contribution in [0.5, 0.6) is 11.5 Å². The van der Waals surface area contributed by atoms with Crippen molar-refractivity contribution in [1.29, 1.82) is 0 Å². The molecule has 0 unspecified atom stereocenters. The molecule has 2 aromatic rings. The van der Waals surface area contributed by atoms with E-state index in [-0.39, 0.29) is 16.9 Å². The molecule has 0 aliphatic rings. The average molecular weight is 407 g/mol. The van der Waals surface area contributed by atoms with Gasteiger partial charge >= 0.3 is 5.69 Å². The number of H-pyrrole nitrogens is 2. The number of thioether (sulfide) groups is 1. The number of carbonyl (C=O) groups is 1. The molecule has 0 radical (unpaired) electrons. The van der Waals surface area contributed by atoms with Crippen LogP contribution < -0.4 is 26.1 Å². The molecule has 0 aliphatic carbocycles. The predicted octanol–water partition coefficient (Wildman–Crippen LogP) is 0.886. The first-order valence-corrected chi connectivity index (χ1v) is 9.44. The lowest BCUT2D eigenvalue weighted by Gasteiger charge is -2.14. The first-order valence-electron chi connectivity index (χ1n) is 8.46. The lowest BCUT2D eigenvalue weighted by atomic mass is 10.2. The second-order valence-electron chi connectivity index (χ2n) is 5.70. The van der Waals surface area contributed by atoms with Gasteiger partial charge in [0.05, 0.1) is 24.7 Å². The molecule has 0 fully saturated rings. The minimum absolute atomic E-state index is 0.0131. The molecule has 1 aromatic heterocycles. The van der Waals surface area contributed by atoms with E-state index in [4.69, 9.17) is 9.47 Å². The zero-order valence-corrected chi connectivity index (χ0v) is 16.5. The molecule has 0 bridgehead atoms. The van der Waals surface area contributed by atoms with Crippen molar-refractivity contribution in [2.75, 3.05) is 12.4 Å². The van der Waals surface area contributed by atoms with Gasteiger partial charge in [0.1, 0.15) is 0 Å². The van der Waals surface area contributed by atoms with Crippen LogP contribution in [0.25, 0.3) is 0 Å². The second kappa shape index (κ2) is 10.3. The fourth-order valence-electron chi connectivity index (χ4n) is 2.00. The quantitative estimate of drug-likeness (QED) is 0.319. The highest BCUT2D eigenvalue weighted by atomic mass is 32.2. The Morgan fingerprint density at radius 2 is 2.14 bits per heavy atom. The van der Waals surface area contributed by atoms with Gasteiger partial charge in [-0.2, -0.15) is 10.2 Å². The molecule has 28 heavy (non-hydrogen) atoms. The molecular formula is C17H21N5O5S. The zero-order chi connectivity index (χ0) is 20.5. The van der Waals surface area contributed by atoms with Gasteiger partial charge in [0.2, 0.25) is 5.91 Å². The van der Waals surface area contributed by atoms with E-state index >= 15 is 0 Å². The number of carbonyl (C=O) groups excluding carboxylic acids is 1. The standard InChI is InChI=1S/C17H21N5O5S/c1-4-26-13-7-11(5-6-12(13)27-10(2)3)8-18-20-14(23)9-28-16-15(24)19-17(25)22-21-16/h5-8,10H,4,9H2,1-3H3,(H,20,23)(H2,19,22,24,25)/b18-8+. The van der Waals surface area contributed by atoms with Gasteiger partial charge in [-0.3, -0.25) is 14.6 Å². The highest BCUT2D eigenvalue weighted by Gasteiger charge is 2.09. The van der Waals surface area contributed by atoms with E-state index in [1.165, 1.54) is 6.21 Å². The Morgan fingerprint density at radius 1 is 1.36 bits per heavy atom. The lowest BCUT2D eigenvalue weighted by molar-refractivity contribution is -0.118. The normalized spacial score (nSPS) is 11.0. The summed E-state index contributed by atoms with van der Waals surface area (Å²) in [5.74, 6) is 0.696. The van der Waals surface area contributed by atoms with Crippen LogP contribution in [0.15, 0.2) is 37.9 Å². The monoisotopic (exact) mass is 407 g/mol. The number of amides is 1. The summed E-state index contributed by atoms with van der Waals surface area (Å²) < 4.78 is 11.3. The fraction of sp³-hybridized carbons (Fsp3) is 0.353. The number of aromatic amines is 2. The van der Waals surface area contributed by atoms with Crippen LogP contribution in [0.1, 0.15) is 26.3 Å². The van der Waals surface area contributed by atoms with Crippen molar-refractivity contribution in [3.63, 3.8) is 0 Å². The van der Waals surface area contributed by atoms with Crippen LogP contribution in [0.2, 0.25) is 0 Å². The molecule has 0 spiro atoms. The van der Waals surface area contributed by atoms with Gasteiger partial charge in [0.15, 0.2) is 16.5 Å². The van der Waals surface area contributed by atoms with E-state index in [0.29, 0.717) is 23.7 Å². The van der Waals surface area contributed by atoms with Gasteiger partial charge in [0, 0.05) is 0 Å². The molecule has 150 valence electrons. The van der Waals surface area contributed by atoms with Gasteiger partial charge in [-0.1, -0.05) is 11.8 Å². The van der Waals surface area contributed by atoms with Crippen molar-refractivity contribution in [1.82, 2.24) is 20.6 Å². The van der Waals surface area contributed by atoms with Gasteiger partial charge < -0.3 is 9.47 Å². The molecule has 11 heteroatoms. The molecule has 1 amide bonds. The molecule has 0 saturated carbocycles. The number of nitrogens with one attached hydrogen (secondary N) is 3. The summed E-state index contributed by atoms with van der Waals surface area (Å²) in [5, 5.41) is 9.54. The summed E-state index contributed by atoms with van der Waals surface area (Å²) in [6, 6.07) is 5.32. The summed E-state index contributed by atoms with van der Waals surface area (Å²) in [7, 11) is 0. The van der Waals surface area contributed by atoms with Crippen molar-refractivity contribution in [3.05, 3.63) is 44.6 Å². The predicted molar refractivity (Wildman–Crippen MR) is 105 cm³/mol. The van der Waals surface area contributed by atoms with Crippen molar-refractivity contribution >= 4 is 23.9 Å². The number of benzene rings is 1. The van der Waals surface area contributed by atoms with Crippen molar-refractivity contribution in [3.8, 4) is 11.5 Å². The molecule has 0 atom stereocenters. The highest BCUT2D eigenvalue weighted by Crippen LogP contribution is 2.28. The van der Waals surface area contributed by atoms with Crippen LogP contribution in [-0.2, 0) is 4.79 Å². The van der Waals surface area contributed by atoms with Crippen molar-refractivity contribution in [2.24, 2.45) is 5.10 Å². The van der Waals surface area contributed by atoms with Gasteiger partial charge in [-0.15, -0.1) is 0 Å². The van der Waals surface area contributed by atoms with E-state index in [0.717, 1.165) is 11.8 Å². The number of ether oxygens (including phenoxy) is 2. The molecular weight excluding hydrogens is 386 g/mol. The molecule has 2 rings (SSSR count). The maximum atomic E-state index is 11.8. The third-order valence-electron chi connectivity index (χ3n) is 3.05. The Balaban J connectivity index is 1.93. The summed E-state index contributed by atoms with van der Waals surface area (Å²) in [6.45, 7) is 6.21. The second-order valence-corrected chi connectivity index (χ2v) is 6.66. The lowest BCUT2D eigenvalue weighted by Crippen LogP contribution is -2.26. The van der Waals surface area contributed by atoms with Crippen LogP contribution in [-0.4, -0.2) is 45.8 Å². The highest BCUT2D eigenvalue weighted by molar-refractivity contribution is 7.99. The molecule has 0 saturated heterocycles. The molecule has 1 aromatic carbocycles. The van der Waals surface area contributed by atoms with Crippen LogP contribution in [0.4, 0.5) is 0 Å². The van der Waals surface area contributed by atoms with Crippen LogP contribution >= 0.6 is 11.8 Å². The molecule has 1 heterocycles. The molecule has 3 N–H and O–H groups in total. The molecule has 0 aliphatic heterocycles. The zero-order valence-electron chi connectivity index (χ0n) is 15.6. The smallest absolute Gasteiger partial charge is 0.342 e. The van der Waals surface area contributed by atoms with Gasteiger partial charge in [-0.25, -0.2) is 15.3 Å². The Hall–Kier alpha value is -3.08.